The smallest absolute Gasteiger partial charge is 0.246 e. The predicted octanol–water partition coefficient (Wildman–Crippen LogP) is 2.95. The van der Waals surface area contributed by atoms with Gasteiger partial charge in [0.2, 0.25) is 12.7 Å². The molecule has 27 heavy (non-hydrogen) atoms. The van der Waals surface area contributed by atoms with Gasteiger partial charge < -0.3 is 14.4 Å². The summed E-state index contributed by atoms with van der Waals surface area (Å²) < 4.78 is 10.6. The van der Waals surface area contributed by atoms with Gasteiger partial charge in [-0.1, -0.05) is 6.07 Å². The molecule has 1 aromatic carbocycles. The second kappa shape index (κ2) is 7.61. The van der Waals surface area contributed by atoms with Gasteiger partial charge in [0.1, 0.15) is 0 Å². The normalized spacial score (nSPS) is 18.7. The van der Waals surface area contributed by atoms with E-state index < -0.39 is 0 Å². The van der Waals surface area contributed by atoms with Gasteiger partial charge in [-0.05, 0) is 49.2 Å². The number of amides is 1. The maximum atomic E-state index is 12.9. The number of likely N-dealkylation sites (tertiary alicyclic amines) is 1. The van der Waals surface area contributed by atoms with E-state index in [1.54, 1.807) is 35.4 Å². The molecule has 1 unspecified atom stereocenters. The van der Waals surface area contributed by atoms with Crippen molar-refractivity contribution in [3.8, 4) is 11.5 Å². The third-order valence-corrected chi connectivity index (χ3v) is 4.85. The maximum Gasteiger partial charge on any atom is 0.246 e. The molecule has 1 saturated heterocycles. The summed E-state index contributed by atoms with van der Waals surface area (Å²) in [7, 11) is 0. The van der Waals surface area contributed by atoms with Crippen LogP contribution < -0.4 is 9.47 Å². The molecule has 2 aromatic rings. The van der Waals surface area contributed by atoms with Crippen molar-refractivity contribution in [2.45, 2.75) is 12.8 Å². The molecule has 0 radical (unpaired) electrons. The van der Waals surface area contributed by atoms with E-state index >= 15 is 0 Å². The van der Waals surface area contributed by atoms with Crippen LogP contribution in [0.3, 0.4) is 0 Å². The van der Waals surface area contributed by atoms with E-state index in [0.717, 1.165) is 18.5 Å². The SMILES string of the molecule is O=C(c1ccc2c(c1)OCO2)C1CCCN(C(=O)/C=C/c2ccccn2)C1. The molecule has 0 saturated carbocycles. The van der Waals surface area contributed by atoms with Gasteiger partial charge in [-0.15, -0.1) is 0 Å². The Balaban J connectivity index is 1.42. The third kappa shape index (κ3) is 3.84. The number of piperidine rings is 1. The monoisotopic (exact) mass is 364 g/mol. The summed E-state index contributed by atoms with van der Waals surface area (Å²) in [6.07, 6.45) is 6.50. The Labute approximate surface area is 157 Å². The summed E-state index contributed by atoms with van der Waals surface area (Å²) >= 11 is 0. The highest BCUT2D eigenvalue weighted by Gasteiger charge is 2.29. The van der Waals surface area contributed by atoms with Gasteiger partial charge in [-0.2, -0.15) is 0 Å². The van der Waals surface area contributed by atoms with Crippen LogP contribution in [-0.4, -0.2) is 41.5 Å². The molecule has 3 heterocycles. The maximum absolute atomic E-state index is 12.9. The van der Waals surface area contributed by atoms with Gasteiger partial charge in [-0.3, -0.25) is 14.6 Å². The number of hydrogen-bond acceptors (Lipinski definition) is 5. The summed E-state index contributed by atoms with van der Waals surface area (Å²) in [5, 5.41) is 0. The number of carbonyl (C=O) groups excluding carboxylic acids is 2. The number of aromatic nitrogens is 1. The zero-order valence-corrected chi connectivity index (χ0v) is 14.8. The summed E-state index contributed by atoms with van der Waals surface area (Å²) in [5.41, 5.74) is 1.33. The number of carbonyl (C=O) groups is 2. The molecule has 2 aliphatic heterocycles. The van der Waals surface area contributed by atoms with Gasteiger partial charge in [0.05, 0.1) is 5.69 Å². The lowest BCUT2D eigenvalue weighted by Gasteiger charge is -2.31. The molecule has 6 heteroatoms. The van der Waals surface area contributed by atoms with E-state index in [1.807, 2.05) is 18.2 Å². The fraction of sp³-hybridized carbons (Fsp3) is 0.286. The van der Waals surface area contributed by atoms with Crippen molar-refractivity contribution in [1.29, 1.82) is 0 Å². The number of ether oxygens (including phenoxy) is 2. The van der Waals surface area contributed by atoms with Crippen LogP contribution in [0, 0.1) is 5.92 Å². The number of benzene rings is 1. The van der Waals surface area contributed by atoms with E-state index in [1.165, 1.54) is 6.08 Å². The van der Waals surface area contributed by atoms with E-state index in [9.17, 15) is 9.59 Å². The highest BCUT2D eigenvalue weighted by molar-refractivity contribution is 5.99. The lowest BCUT2D eigenvalue weighted by Crippen LogP contribution is -2.41. The van der Waals surface area contributed by atoms with E-state index in [0.29, 0.717) is 30.2 Å². The molecule has 1 atom stereocenters. The molecule has 0 aliphatic carbocycles. The lowest BCUT2D eigenvalue weighted by molar-refractivity contribution is -0.127. The average Bonchev–Trinajstić information content (AvgIpc) is 3.20. The zero-order valence-electron chi connectivity index (χ0n) is 14.8. The Hall–Kier alpha value is -3.15. The number of fused-ring (bicyclic) bond motifs is 1. The van der Waals surface area contributed by atoms with E-state index in [-0.39, 0.29) is 24.4 Å². The first kappa shape index (κ1) is 17.3. The summed E-state index contributed by atoms with van der Waals surface area (Å²) in [6.45, 7) is 1.27. The van der Waals surface area contributed by atoms with Crippen molar-refractivity contribution in [1.82, 2.24) is 9.88 Å². The molecule has 4 rings (SSSR count). The molecule has 0 bridgehead atoms. The summed E-state index contributed by atoms with van der Waals surface area (Å²) in [5.74, 6) is 1.00. The van der Waals surface area contributed by atoms with Crippen LogP contribution >= 0.6 is 0 Å². The van der Waals surface area contributed by atoms with Crippen LogP contribution in [0.5, 0.6) is 11.5 Å². The van der Waals surface area contributed by atoms with Gasteiger partial charge in [0.25, 0.3) is 0 Å². The number of ketones is 1. The molecule has 0 spiro atoms. The standard InChI is InChI=1S/C21H20N2O4/c24-20(9-7-17-5-1-2-10-22-17)23-11-3-4-16(13-23)21(25)15-6-8-18-19(12-15)27-14-26-18/h1-2,5-10,12,16H,3-4,11,13-14H2/b9-7+. The molecular weight excluding hydrogens is 344 g/mol. The Morgan fingerprint density at radius 2 is 2.04 bits per heavy atom. The van der Waals surface area contributed by atoms with Crippen LogP contribution in [0.25, 0.3) is 6.08 Å². The number of pyridine rings is 1. The van der Waals surface area contributed by atoms with E-state index in [2.05, 4.69) is 4.98 Å². The second-order valence-corrected chi connectivity index (χ2v) is 6.64. The van der Waals surface area contributed by atoms with Crippen molar-refractivity contribution in [3.63, 3.8) is 0 Å². The molecule has 2 aliphatic rings. The van der Waals surface area contributed by atoms with Crippen LogP contribution in [-0.2, 0) is 4.79 Å². The minimum Gasteiger partial charge on any atom is -0.454 e. The minimum absolute atomic E-state index is 0.0412. The quantitative estimate of drug-likeness (QED) is 0.616. The summed E-state index contributed by atoms with van der Waals surface area (Å²) in [6, 6.07) is 10.8. The lowest BCUT2D eigenvalue weighted by atomic mass is 9.90. The number of Topliss-reactive ketones (excluding diaryl/α,β-unsaturated/α-hetero) is 1. The Bertz CT molecular complexity index is 879. The van der Waals surface area contributed by atoms with Crippen molar-refractivity contribution in [2.24, 2.45) is 5.92 Å². The first-order valence-corrected chi connectivity index (χ1v) is 9.02. The van der Waals surface area contributed by atoms with Crippen molar-refractivity contribution in [2.75, 3.05) is 19.9 Å². The predicted molar refractivity (Wildman–Crippen MR) is 99.5 cm³/mol. The van der Waals surface area contributed by atoms with Crippen LogP contribution in [0.2, 0.25) is 0 Å². The highest BCUT2D eigenvalue weighted by Crippen LogP contribution is 2.33. The minimum atomic E-state index is -0.202. The highest BCUT2D eigenvalue weighted by atomic mass is 16.7. The average molecular weight is 364 g/mol. The first-order valence-electron chi connectivity index (χ1n) is 9.02. The van der Waals surface area contributed by atoms with Crippen LogP contribution in [0.1, 0.15) is 28.9 Å². The van der Waals surface area contributed by atoms with Gasteiger partial charge in [-0.25, -0.2) is 0 Å². The van der Waals surface area contributed by atoms with Crippen molar-refractivity contribution < 1.29 is 19.1 Å². The van der Waals surface area contributed by atoms with Gasteiger partial charge in [0.15, 0.2) is 17.3 Å². The fourth-order valence-corrected chi connectivity index (χ4v) is 3.41. The number of rotatable bonds is 4. The molecule has 138 valence electrons. The number of nitrogens with zero attached hydrogens (tertiary/aromatic N) is 2. The Kier molecular flexibility index (Phi) is 4.87. The first-order chi connectivity index (χ1) is 13.2. The topological polar surface area (TPSA) is 68.7 Å². The fourth-order valence-electron chi connectivity index (χ4n) is 3.41. The zero-order chi connectivity index (χ0) is 18.6. The molecule has 1 amide bonds. The van der Waals surface area contributed by atoms with Crippen molar-refractivity contribution in [3.05, 3.63) is 59.9 Å². The second-order valence-electron chi connectivity index (χ2n) is 6.64. The van der Waals surface area contributed by atoms with Gasteiger partial charge in [0, 0.05) is 36.8 Å². The van der Waals surface area contributed by atoms with Crippen LogP contribution in [0.4, 0.5) is 0 Å². The largest absolute Gasteiger partial charge is 0.454 e. The van der Waals surface area contributed by atoms with E-state index in [4.69, 9.17) is 9.47 Å². The molecule has 6 nitrogen and oxygen atoms in total. The van der Waals surface area contributed by atoms with Crippen molar-refractivity contribution >= 4 is 17.8 Å². The Morgan fingerprint density at radius 3 is 2.89 bits per heavy atom. The molecule has 1 fully saturated rings. The Morgan fingerprint density at radius 1 is 1.15 bits per heavy atom. The van der Waals surface area contributed by atoms with Crippen LogP contribution in [0.15, 0.2) is 48.7 Å². The molecule has 0 N–H and O–H groups in total. The van der Waals surface area contributed by atoms with Gasteiger partial charge >= 0.3 is 0 Å². The molecule has 1 aromatic heterocycles. The third-order valence-electron chi connectivity index (χ3n) is 4.85. The molecular formula is C21H20N2O4. The number of hydrogen-bond donors (Lipinski definition) is 0. The summed E-state index contributed by atoms with van der Waals surface area (Å²) in [4.78, 5) is 31.3.